The van der Waals surface area contributed by atoms with Crippen LogP contribution in [0.2, 0.25) is 10.0 Å². The van der Waals surface area contributed by atoms with E-state index in [2.05, 4.69) is 265 Å². The fraction of sp³-hybridized carbons (Fsp3) is 0.377. The van der Waals surface area contributed by atoms with Gasteiger partial charge in [0.2, 0.25) is 6.34 Å². The minimum Gasteiger partial charge on any atom is -1.00 e. The molecule has 412 valence electrons. The van der Waals surface area contributed by atoms with E-state index in [1.165, 1.54) is 50.3 Å². The van der Waals surface area contributed by atoms with Gasteiger partial charge in [0, 0.05) is 39.3 Å². The third-order valence-electron chi connectivity index (χ3n) is 13.7. The van der Waals surface area contributed by atoms with Crippen LogP contribution in [-0.2, 0) is 16.2 Å². The van der Waals surface area contributed by atoms with E-state index in [9.17, 15) is 0 Å². The first-order valence-corrected chi connectivity index (χ1v) is 28.1. The first-order chi connectivity index (χ1) is 35.6. The van der Waals surface area contributed by atoms with E-state index in [1.807, 2.05) is 24.3 Å². The molecule has 0 aliphatic carbocycles. The van der Waals surface area contributed by atoms with E-state index in [4.69, 9.17) is 28.9 Å². The summed E-state index contributed by atoms with van der Waals surface area (Å²) in [5.41, 5.74) is 23.9. The SMILES string of the molecule is CC(C)(C)c1ccc(N)cc1.CC(C)(C)c1ccc(Nc2ccccc2Nc2ccc(C(C)(C)C)cc2)cc1.CC(C)c1cccc(C(C)C)c1N1C=[N+](c2c(C(C)C)cccc2C(C)C)CC1.Clc1ccccc1Cl.[Cl-]. The molecule has 0 unspecified atom stereocenters. The lowest BCUT2D eigenvalue weighted by atomic mass is 9.87. The molecule has 7 aromatic rings. The average Bonchev–Trinajstić information content (AvgIpc) is 3.85. The van der Waals surface area contributed by atoms with Crippen LogP contribution in [0.1, 0.15) is 180 Å². The fourth-order valence-corrected chi connectivity index (χ4v) is 9.34. The Hall–Kier alpha value is -5.72. The van der Waals surface area contributed by atoms with E-state index in [-0.39, 0.29) is 28.7 Å². The summed E-state index contributed by atoms with van der Waals surface area (Å²) in [6, 6.07) is 54.6. The van der Waals surface area contributed by atoms with Crippen LogP contribution in [0.4, 0.5) is 39.8 Å². The Bertz CT molecular complexity index is 2800. The third-order valence-corrected chi connectivity index (χ3v) is 14.5. The largest absolute Gasteiger partial charge is 1.00 e. The van der Waals surface area contributed by atoms with E-state index >= 15 is 0 Å². The first-order valence-electron chi connectivity index (χ1n) is 27.4. The minimum atomic E-state index is 0. The zero-order valence-electron chi connectivity index (χ0n) is 49.4. The van der Waals surface area contributed by atoms with Crippen molar-refractivity contribution in [2.45, 2.75) is 158 Å². The van der Waals surface area contributed by atoms with Gasteiger partial charge in [-0.15, -0.1) is 0 Å². The number of para-hydroxylation sites is 4. The van der Waals surface area contributed by atoms with Crippen LogP contribution in [0.25, 0.3) is 0 Å². The van der Waals surface area contributed by atoms with Crippen LogP contribution in [0, 0.1) is 0 Å². The predicted octanol–water partition coefficient (Wildman–Crippen LogP) is 17.7. The predicted molar refractivity (Wildman–Crippen MR) is 337 cm³/mol. The molecule has 1 aliphatic rings. The van der Waals surface area contributed by atoms with Crippen LogP contribution >= 0.6 is 23.2 Å². The molecule has 8 rings (SSSR count). The third kappa shape index (κ3) is 18.4. The molecule has 0 amide bonds. The van der Waals surface area contributed by atoms with Crippen molar-refractivity contribution in [1.82, 2.24) is 0 Å². The van der Waals surface area contributed by atoms with Gasteiger partial charge in [0.25, 0.3) is 0 Å². The molecule has 0 spiro atoms. The topological polar surface area (TPSA) is 56.3 Å². The van der Waals surface area contributed by atoms with Gasteiger partial charge in [-0.1, -0.05) is 238 Å². The molecule has 5 nitrogen and oxygen atoms in total. The highest BCUT2D eigenvalue weighted by Crippen LogP contribution is 2.39. The number of anilines is 6. The number of rotatable bonds is 10. The van der Waals surface area contributed by atoms with Crippen molar-refractivity contribution in [3.05, 3.63) is 207 Å². The highest BCUT2D eigenvalue weighted by molar-refractivity contribution is 6.41. The summed E-state index contributed by atoms with van der Waals surface area (Å²) in [7, 11) is 0. The lowest BCUT2D eigenvalue weighted by Crippen LogP contribution is -3.00. The number of nitrogens with one attached hydrogen (secondary N) is 2. The summed E-state index contributed by atoms with van der Waals surface area (Å²) in [5, 5.41) is 8.30. The van der Waals surface area contributed by atoms with Crippen LogP contribution in [-0.4, -0.2) is 24.0 Å². The second-order valence-corrected chi connectivity index (χ2v) is 25.2. The zero-order valence-corrected chi connectivity index (χ0v) is 51.7. The van der Waals surface area contributed by atoms with E-state index in [0.717, 1.165) is 41.5 Å². The van der Waals surface area contributed by atoms with Gasteiger partial charge in [-0.2, -0.15) is 0 Å². The quantitative estimate of drug-likeness (QED) is 0.0944. The number of nitrogens with zero attached hydrogens (tertiary/aromatic N) is 2. The lowest BCUT2D eigenvalue weighted by molar-refractivity contribution is -0.425. The Labute approximate surface area is 482 Å². The van der Waals surface area contributed by atoms with Gasteiger partial charge < -0.3 is 28.8 Å². The molecule has 0 saturated carbocycles. The summed E-state index contributed by atoms with van der Waals surface area (Å²) in [5.74, 6) is 2.06. The molecule has 0 radical (unpaired) electrons. The average molecular weight is 1100 g/mol. The minimum absolute atomic E-state index is 0. The van der Waals surface area contributed by atoms with Gasteiger partial charge in [0.1, 0.15) is 24.5 Å². The molecule has 4 N–H and O–H groups in total. The molecule has 0 fully saturated rings. The molecule has 1 aliphatic heterocycles. The maximum Gasteiger partial charge on any atom is 0.244 e. The molecule has 7 aromatic carbocycles. The monoisotopic (exact) mass is 1090 g/mol. The Morgan fingerprint density at radius 3 is 1.09 bits per heavy atom. The maximum atomic E-state index is 5.58. The van der Waals surface area contributed by atoms with Crippen LogP contribution in [0.15, 0.2) is 158 Å². The number of hydrogen-bond donors (Lipinski definition) is 3. The molecule has 77 heavy (non-hydrogen) atoms. The van der Waals surface area contributed by atoms with Crippen molar-refractivity contribution in [3.63, 3.8) is 0 Å². The smallest absolute Gasteiger partial charge is 0.244 e. The highest BCUT2D eigenvalue weighted by atomic mass is 35.5. The zero-order chi connectivity index (χ0) is 56.1. The van der Waals surface area contributed by atoms with Gasteiger partial charge >= 0.3 is 0 Å². The van der Waals surface area contributed by atoms with E-state index in [0.29, 0.717) is 33.7 Å². The van der Waals surface area contributed by atoms with Crippen LogP contribution in [0.5, 0.6) is 0 Å². The summed E-state index contributed by atoms with van der Waals surface area (Å²) >= 11 is 11.2. The molecule has 0 saturated heterocycles. The van der Waals surface area contributed by atoms with Gasteiger partial charge in [0.15, 0.2) is 0 Å². The fourth-order valence-electron chi connectivity index (χ4n) is 9.07. The van der Waals surface area contributed by atoms with Crippen molar-refractivity contribution < 1.29 is 17.0 Å². The molecule has 8 heteroatoms. The van der Waals surface area contributed by atoms with Crippen LogP contribution < -0.4 is 33.7 Å². The van der Waals surface area contributed by atoms with E-state index < -0.39 is 0 Å². The molecular formula is C69H90Cl3N5. The highest BCUT2D eigenvalue weighted by Gasteiger charge is 2.31. The Kier molecular flexibility index (Phi) is 23.4. The number of hydrogen-bond acceptors (Lipinski definition) is 4. The molecule has 0 aromatic heterocycles. The number of halogens is 3. The van der Waals surface area contributed by atoms with Crippen molar-refractivity contribution in [1.29, 1.82) is 0 Å². The molecule has 1 heterocycles. The van der Waals surface area contributed by atoms with E-state index in [1.54, 1.807) is 12.1 Å². The summed E-state index contributed by atoms with van der Waals surface area (Å²) in [6.45, 7) is 40.5. The normalized spacial score (nSPS) is 12.5. The van der Waals surface area contributed by atoms with Crippen molar-refractivity contribution in [2.75, 3.05) is 34.4 Å². The van der Waals surface area contributed by atoms with Gasteiger partial charge in [-0.3, -0.25) is 0 Å². The lowest BCUT2D eigenvalue weighted by Gasteiger charge is -2.20. The Balaban J connectivity index is 0.000000247. The van der Waals surface area contributed by atoms with Crippen LogP contribution in [0.3, 0.4) is 0 Å². The summed E-state index contributed by atoms with van der Waals surface area (Å²) in [4.78, 5) is 2.51. The van der Waals surface area contributed by atoms with Crippen molar-refractivity contribution in [3.8, 4) is 0 Å². The molecular weight excluding hydrogens is 1010 g/mol. The Morgan fingerprint density at radius 2 is 0.766 bits per heavy atom. The maximum absolute atomic E-state index is 5.58. The molecule has 0 bridgehead atoms. The molecule has 0 atom stereocenters. The number of nitrogens with two attached hydrogens (primary N) is 1. The number of benzene rings is 7. The van der Waals surface area contributed by atoms with Crippen molar-refractivity contribution in [2.24, 2.45) is 0 Å². The standard InChI is InChI=1S/C27H39N2.C26H32N2.C10H15N.C6H4Cl2.ClH/c1-18(2)22-11-9-12-23(19(3)4)26(22)28-15-16-29(17-28)27-24(20(5)6)13-10-14-25(27)21(7)8;1-25(2,3)19-11-15-21(16-12-19)27-23-9-7-8-10-24(23)28-22-17-13-20(14-18-22)26(4,5)6;1-10(2,3)8-4-6-9(11)7-5-8;7-5-3-1-2-4-6(5)8;/h9-14,17-21H,15-16H2,1-8H3;7-18,27-28H,1-6H3;4-7H,11H2,1-3H3;1-4H;1H/q+1;;;;/p-1. The Morgan fingerprint density at radius 1 is 0.442 bits per heavy atom. The van der Waals surface area contributed by atoms with Gasteiger partial charge in [-0.05, 0) is 117 Å². The van der Waals surface area contributed by atoms with Gasteiger partial charge in [0.05, 0.1) is 21.4 Å². The van der Waals surface area contributed by atoms with Gasteiger partial charge in [-0.25, -0.2) is 9.48 Å². The second-order valence-electron chi connectivity index (χ2n) is 24.4. The summed E-state index contributed by atoms with van der Waals surface area (Å²) < 4.78 is 2.51. The first kappa shape index (κ1) is 63.8. The number of nitrogen functional groups attached to an aromatic ring is 1. The second kappa shape index (κ2) is 28.2. The summed E-state index contributed by atoms with van der Waals surface area (Å²) in [6.07, 6.45) is 2.38. The van der Waals surface area contributed by atoms with Crippen molar-refractivity contribution >= 4 is 69.4 Å².